The van der Waals surface area contributed by atoms with Crippen LogP contribution in [-0.2, 0) is 32.6 Å². The summed E-state index contributed by atoms with van der Waals surface area (Å²) in [6.45, 7) is 6.85. The van der Waals surface area contributed by atoms with Crippen LogP contribution in [0.4, 0.5) is 5.69 Å². The molecule has 0 aliphatic carbocycles. The van der Waals surface area contributed by atoms with Gasteiger partial charge in [0.1, 0.15) is 12.6 Å². The average molecular weight is 746 g/mol. The van der Waals surface area contributed by atoms with Crippen molar-refractivity contribution in [1.29, 1.82) is 0 Å². The molecule has 0 saturated heterocycles. The van der Waals surface area contributed by atoms with Gasteiger partial charge >= 0.3 is 0 Å². The van der Waals surface area contributed by atoms with Crippen LogP contribution in [0.1, 0.15) is 37.5 Å². The summed E-state index contributed by atoms with van der Waals surface area (Å²) in [5.41, 5.74) is 1.93. The maximum absolute atomic E-state index is 14.6. The number of carbonyl (C=O) groups is 2. The first-order valence-electron chi connectivity index (χ1n) is 14.6. The first-order chi connectivity index (χ1) is 21.6. The Balaban J connectivity index is 1.84. The summed E-state index contributed by atoms with van der Waals surface area (Å²) < 4.78 is 30.2. The van der Waals surface area contributed by atoms with Crippen molar-refractivity contribution in [3.63, 3.8) is 0 Å². The number of aryl methyl sites for hydroxylation is 1. The standard InChI is InChI=1S/C35H36BrCl2N3O4S/c1-24-10-17-29(18-11-24)46(44,45)41(31-21-28(37)16-19-30(31)38)23-33(42)40(22-26-12-14-27(36)15-13-26)32(34(43)39-35(2,3)4)20-25-8-6-5-7-9-25/h5-19,21,32H,20,22-23H2,1-4H3,(H,39,43)/t32-/m0/s1. The number of halogens is 3. The largest absolute Gasteiger partial charge is 0.350 e. The van der Waals surface area contributed by atoms with E-state index in [1.165, 1.54) is 29.2 Å². The Morgan fingerprint density at radius 3 is 2.11 bits per heavy atom. The first-order valence-corrected chi connectivity index (χ1v) is 17.6. The third-order valence-corrected chi connectivity index (χ3v) is 9.96. The molecule has 0 aromatic heterocycles. The minimum Gasteiger partial charge on any atom is -0.350 e. The lowest BCUT2D eigenvalue weighted by molar-refractivity contribution is -0.140. The van der Waals surface area contributed by atoms with E-state index in [0.717, 1.165) is 25.5 Å². The highest BCUT2D eigenvalue weighted by Gasteiger charge is 2.36. The molecule has 1 atom stereocenters. The molecule has 0 aliphatic heterocycles. The number of amides is 2. The minimum absolute atomic E-state index is 0.0206. The monoisotopic (exact) mass is 743 g/mol. The number of hydrogen-bond acceptors (Lipinski definition) is 4. The highest BCUT2D eigenvalue weighted by molar-refractivity contribution is 9.10. The van der Waals surface area contributed by atoms with Crippen LogP contribution >= 0.6 is 39.1 Å². The maximum atomic E-state index is 14.6. The highest BCUT2D eigenvalue weighted by atomic mass is 79.9. The predicted molar refractivity (Wildman–Crippen MR) is 189 cm³/mol. The zero-order valence-electron chi connectivity index (χ0n) is 26.0. The smallest absolute Gasteiger partial charge is 0.264 e. The minimum atomic E-state index is -4.31. The fourth-order valence-electron chi connectivity index (χ4n) is 4.82. The van der Waals surface area contributed by atoms with Gasteiger partial charge in [0, 0.05) is 28.0 Å². The van der Waals surface area contributed by atoms with E-state index in [9.17, 15) is 18.0 Å². The lowest BCUT2D eigenvalue weighted by Crippen LogP contribution is -2.56. The molecule has 1 N–H and O–H groups in total. The zero-order chi connectivity index (χ0) is 33.6. The molecule has 0 aliphatic rings. The summed E-state index contributed by atoms with van der Waals surface area (Å²) in [5, 5.41) is 3.36. The van der Waals surface area contributed by atoms with Gasteiger partial charge in [0.25, 0.3) is 10.0 Å². The SMILES string of the molecule is Cc1ccc(S(=O)(=O)N(CC(=O)N(Cc2ccc(Br)cc2)[C@@H](Cc2ccccc2)C(=O)NC(C)(C)C)c2cc(Cl)ccc2Cl)cc1. The molecular formula is C35H36BrCl2N3O4S. The number of anilines is 1. The third kappa shape index (κ3) is 9.35. The first kappa shape index (κ1) is 35.5. The van der Waals surface area contributed by atoms with Gasteiger partial charge in [0.15, 0.2) is 0 Å². The Labute approximate surface area is 289 Å². The summed E-state index contributed by atoms with van der Waals surface area (Å²) in [4.78, 5) is 30.0. The van der Waals surface area contributed by atoms with Crippen LogP contribution in [0.25, 0.3) is 0 Å². The number of nitrogens with one attached hydrogen (secondary N) is 1. The number of sulfonamides is 1. The van der Waals surface area contributed by atoms with Crippen molar-refractivity contribution in [3.8, 4) is 0 Å². The van der Waals surface area contributed by atoms with Gasteiger partial charge in [-0.15, -0.1) is 0 Å². The maximum Gasteiger partial charge on any atom is 0.264 e. The van der Waals surface area contributed by atoms with Crippen LogP contribution in [0.5, 0.6) is 0 Å². The molecule has 4 aromatic rings. The molecule has 4 rings (SSSR count). The summed E-state index contributed by atoms with van der Waals surface area (Å²) in [7, 11) is -4.31. The van der Waals surface area contributed by atoms with Crippen molar-refractivity contribution in [3.05, 3.63) is 128 Å². The fourth-order valence-corrected chi connectivity index (χ4v) is 6.95. The summed E-state index contributed by atoms with van der Waals surface area (Å²) >= 11 is 16.3. The molecule has 11 heteroatoms. The second-order valence-electron chi connectivity index (χ2n) is 12.0. The van der Waals surface area contributed by atoms with Crippen molar-refractivity contribution >= 4 is 66.7 Å². The Morgan fingerprint density at radius 2 is 1.50 bits per heavy atom. The molecule has 46 heavy (non-hydrogen) atoms. The van der Waals surface area contributed by atoms with Gasteiger partial charge in [0.05, 0.1) is 15.6 Å². The van der Waals surface area contributed by atoms with E-state index in [-0.39, 0.29) is 39.5 Å². The summed E-state index contributed by atoms with van der Waals surface area (Å²) in [6.07, 6.45) is 0.202. The van der Waals surface area contributed by atoms with Gasteiger partial charge in [-0.2, -0.15) is 0 Å². The summed E-state index contributed by atoms with van der Waals surface area (Å²) in [5.74, 6) is -0.963. The number of hydrogen-bond donors (Lipinski definition) is 1. The second-order valence-corrected chi connectivity index (χ2v) is 15.6. The van der Waals surface area contributed by atoms with E-state index in [0.29, 0.717) is 0 Å². The van der Waals surface area contributed by atoms with E-state index in [1.54, 1.807) is 18.2 Å². The van der Waals surface area contributed by atoms with Gasteiger partial charge in [-0.3, -0.25) is 13.9 Å². The van der Waals surface area contributed by atoms with Crippen molar-refractivity contribution < 1.29 is 18.0 Å². The molecule has 242 valence electrons. The molecule has 7 nitrogen and oxygen atoms in total. The van der Waals surface area contributed by atoms with E-state index >= 15 is 0 Å². The molecule has 0 bridgehead atoms. The quantitative estimate of drug-likeness (QED) is 0.170. The Bertz CT molecular complexity index is 1780. The zero-order valence-corrected chi connectivity index (χ0v) is 29.9. The molecule has 0 saturated carbocycles. The van der Waals surface area contributed by atoms with Crippen LogP contribution in [0.3, 0.4) is 0 Å². The molecule has 0 fully saturated rings. The fraction of sp³-hybridized carbons (Fsp3) is 0.257. The lowest BCUT2D eigenvalue weighted by Gasteiger charge is -2.35. The lowest BCUT2D eigenvalue weighted by atomic mass is 10.0. The van der Waals surface area contributed by atoms with Gasteiger partial charge in [-0.05, 0) is 81.3 Å². The van der Waals surface area contributed by atoms with Crippen molar-refractivity contribution in [2.45, 2.75) is 57.1 Å². The number of nitrogens with zero attached hydrogens (tertiary/aromatic N) is 2. The second kappa shape index (κ2) is 15.0. The van der Waals surface area contributed by atoms with Crippen molar-refractivity contribution in [2.24, 2.45) is 0 Å². The molecule has 4 aromatic carbocycles. The average Bonchev–Trinajstić information content (AvgIpc) is 2.99. The van der Waals surface area contributed by atoms with Gasteiger partial charge in [-0.25, -0.2) is 8.42 Å². The van der Waals surface area contributed by atoms with E-state index < -0.39 is 34.1 Å². The van der Waals surface area contributed by atoms with Crippen LogP contribution in [0.2, 0.25) is 10.0 Å². The van der Waals surface area contributed by atoms with Crippen molar-refractivity contribution in [2.75, 3.05) is 10.8 Å². The molecule has 0 spiro atoms. The van der Waals surface area contributed by atoms with Gasteiger partial charge in [-0.1, -0.05) is 99.3 Å². The summed E-state index contributed by atoms with van der Waals surface area (Å²) in [6, 6.07) is 26.6. The molecule has 0 radical (unpaired) electrons. The number of carbonyl (C=O) groups excluding carboxylic acids is 2. The van der Waals surface area contributed by atoms with Crippen LogP contribution in [0, 0.1) is 6.92 Å². The predicted octanol–water partition coefficient (Wildman–Crippen LogP) is 7.81. The topological polar surface area (TPSA) is 86.8 Å². The molecule has 0 heterocycles. The van der Waals surface area contributed by atoms with E-state index in [2.05, 4.69) is 21.2 Å². The number of benzene rings is 4. The third-order valence-electron chi connectivity index (χ3n) is 7.10. The van der Waals surface area contributed by atoms with Crippen LogP contribution in [0.15, 0.2) is 106 Å². The van der Waals surface area contributed by atoms with Gasteiger partial charge < -0.3 is 10.2 Å². The van der Waals surface area contributed by atoms with E-state index in [1.807, 2.05) is 82.3 Å². The van der Waals surface area contributed by atoms with Crippen molar-refractivity contribution in [1.82, 2.24) is 10.2 Å². The Kier molecular flexibility index (Phi) is 11.6. The molecular weight excluding hydrogens is 709 g/mol. The molecule has 0 unspecified atom stereocenters. The normalized spacial score (nSPS) is 12.3. The van der Waals surface area contributed by atoms with Gasteiger partial charge in [0.2, 0.25) is 11.8 Å². The van der Waals surface area contributed by atoms with Crippen LogP contribution < -0.4 is 9.62 Å². The Hall–Kier alpha value is -3.37. The Morgan fingerprint density at radius 1 is 0.870 bits per heavy atom. The number of rotatable bonds is 11. The van der Waals surface area contributed by atoms with Crippen LogP contribution in [-0.4, -0.2) is 43.3 Å². The van der Waals surface area contributed by atoms with E-state index in [4.69, 9.17) is 23.2 Å². The highest BCUT2D eigenvalue weighted by Crippen LogP contribution is 2.33. The molecule has 2 amide bonds.